The minimum absolute atomic E-state index is 0.270. The summed E-state index contributed by atoms with van der Waals surface area (Å²) >= 11 is 3.71. The first-order chi connectivity index (χ1) is 11.6. The van der Waals surface area contributed by atoms with Gasteiger partial charge in [0.1, 0.15) is 4.88 Å². The number of halogens is 1. The topological polar surface area (TPSA) is 55.4 Å². The summed E-state index contributed by atoms with van der Waals surface area (Å²) in [6.45, 7) is -0.270. The van der Waals surface area contributed by atoms with Crippen LogP contribution in [0.15, 0.2) is 30.3 Å². The van der Waals surface area contributed by atoms with Crippen LogP contribution in [0.5, 0.6) is 0 Å². The van der Waals surface area contributed by atoms with Crippen molar-refractivity contribution in [2.24, 2.45) is 0 Å². The number of ether oxygens (including phenoxy) is 1. The highest BCUT2D eigenvalue weighted by molar-refractivity contribution is 14.1. The summed E-state index contributed by atoms with van der Waals surface area (Å²) in [6.07, 6.45) is 5.68. The van der Waals surface area contributed by atoms with Gasteiger partial charge in [-0.1, -0.05) is 6.42 Å². The van der Waals surface area contributed by atoms with Crippen molar-refractivity contribution in [2.75, 3.05) is 11.9 Å². The van der Waals surface area contributed by atoms with Gasteiger partial charge in [-0.3, -0.25) is 4.79 Å². The lowest BCUT2D eigenvalue weighted by Gasteiger charge is -2.06. The molecule has 4 nitrogen and oxygen atoms in total. The lowest BCUT2D eigenvalue weighted by atomic mass is 10.1. The number of carbonyl (C=O) groups is 2. The average Bonchev–Trinajstić information content (AvgIpc) is 2.86. The van der Waals surface area contributed by atoms with Crippen LogP contribution in [0.25, 0.3) is 0 Å². The Balaban J connectivity index is 1.53. The van der Waals surface area contributed by atoms with Gasteiger partial charge in [-0.2, -0.15) is 0 Å². The van der Waals surface area contributed by atoms with E-state index in [9.17, 15) is 9.59 Å². The molecule has 1 aromatic heterocycles. The molecule has 1 amide bonds. The number of rotatable bonds is 4. The summed E-state index contributed by atoms with van der Waals surface area (Å²) in [6, 6.07) is 9.38. The molecule has 126 valence electrons. The van der Waals surface area contributed by atoms with Gasteiger partial charge in [0.2, 0.25) is 0 Å². The van der Waals surface area contributed by atoms with E-state index in [-0.39, 0.29) is 12.5 Å². The number of aryl methyl sites for hydroxylation is 2. The van der Waals surface area contributed by atoms with Crippen molar-refractivity contribution < 1.29 is 14.3 Å². The number of hydrogen-bond donors (Lipinski definition) is 1. The SMILES string of the molecule is O=C(COC(=O)c1cc2c(s1)CCCCC2)Nc1ccc(I)cc1. The largest absolute Gasteiger partial charge is 0.451 e. The van der Waals surface area contributed by atoms with Crippen molar-refractivity contribution in [3.05, 3.63) is 49.2 Å². The highest BCUT2D eigenvalue weighted by atomic mass is 127. The maximum atomic E-state index is 12.2. The first-order valence-corrected chi connectivity index (χ1v) is 9.85. The van der Waals surface area contributed by atoms with Gasteiger partial charge < -0.3 is 10.1 Å². The maximum Gasteiger partial charge on any atom is 0.348 e. The number of anilines is 1. The van der Waals surface area contributed by atoms with Gasteiger partial charge >= 0.3 is 5.97 Å². The Morgan fingerprint density at radius 1 is 1.12 bits per heavy atom. The molecule has 0 saturated heterocycles. The summed E-state index contributed by atoms with van der Waals surface area (Å²) < 4.78 is 6.24. The van der Waals surface area contributed by atoms with Crippen LogP contribution in [0, 0.1) is 3.57 Å². The zero-order valence-corrected chi connectivity index (χ0v) is 16.1. The molecule has 6 heteroatoms. The molecule has 1 aromatic carbocycles. The molecule has 0 bridgehead atoms. The third kappa shape index (κ3) is 4.57. The van der Waals surface area contributed by atoms with Crippen molar-refractivity contribution in [3.63, 3.8) is 0 Å². The molecule has 0 radical (unpaired) electrons. The molecule has 1 heterocycles. The molecule has 3 rings (SSSR count). The Labute approximate surface area is 158 Å². The lowest BCUT2D eigenvalue weighted by molar-refractivity contribution is -0.119. The Bertz CT molecular complexity index is 716. The van der Waals surface area contributed by atoms with E-state index in [0.29, 0.717) is 10.6 Å². The van der Waals surface area contributed by atoms with E-state index < -0.39 is 5.97 Å². The minimum atomic E-state index is -0.411. The van der Waals surface area contributed by atoms with Crippen LogP contribution in [0.3, 0.4) is 0 Å². The second-order valence-electron chi connectivity index (χ2n) is 5.75. The van der Waals surface area contributed by atoms with Crippen LogP contribution < -0.4 is 5.32 Å². The van der Waals surface area contributed by atoms with Crippen molar-refractivity contribution in [1.82, 2.24) is 0 Å². The predicted octanol–water partition coefficient (Wildman–Crippen LogP) is 4.42. The van der Waals surface area contributed by atoms with Crippen LogP contribution in [0.1, 0.15) is 39.4 Å². The van der Waals surface area contributed by atoms with Gasteiger partial charge in [-0.25, -0.2) is 4.79 Å². The summed E-state index contributed by atoms with van der Waals surface area (Å²) in [5.41, 5.74) is 1.96. The van der Waals surface area contributed by atoms with Crippen LogP contribution in [-0.4, -0.2) is 18.5 Å². The first kappa shape index (κ1) is 17.4. The van der Waals surface area contributed by atoms with Crippen LogP contribution in [0.2, 0.25) is 0 Å². The molecule has 2 aromatic rings. The number of amides is 1. The van der Waals surface area contributed by atoms with Gasteiger partial charge in [-0.15, -0.1) is 11.3 Å². The normalized spacial score (nSPS) is 13.7. The average molecular weight is 455 g/mol. The van der Waals surface area contributed by atoms with E-state index in [1.54, 1.807) is 0 Å². The second kappa shape index (κ2) is 8.11. The van der Waals surface area contributed by atoms with Gasteiger partial charge in [0.05, 0.1) is 0 Å². The molecular weight excluding hydrogens is 437 g/mol. The molecule has 1 aliphatic rings. The standard InChI is InChI=1S/C18H18INO3S/c19-13-6-8-14(9-7-13)20-17(21)11-23-18(22)16-10-12-4-2-1-3-5-15(12)24-16/h6-10H,1-5,11H2,(H,20,21). The van der Waals surface area contributed by atoms with Gasteiger partial charge in [0.25, 0.3) is 5.91 Å². The van der Waals surface area contributed by atoms with Crippen LogP contribution in [-0.2, 0) is 22.4 Å². The molecule has 1 N–H and O–H groups in total. The predicted molar refractivity (Wildman–Crippen MR) is 104 cm³/mol. The summed E-state index contributed by atoms with van der Waals surface area (Å²) in [5.74, 6) is -0.742. The minimum Gasteiger partial charge on any atom is -0.451 e. The Kier molecular flexibility index (Phi) is 5.89. The van der Waals surface area contributed by atoms with Crippen molar-refractivity contribution in [3.8, 4) is 0 Å². The van der Waals surface area contributed by atoms with E-state index in [1.807, 2.05) is 30.3 Å². The van der Waals surface area contributed by atoms with Gasteiger partial charge in [0.15, 0.2) is 6.61 Å². The monoisotopic (exact) mass is 455 g/mol. The van der Waals surface area contributed by atoms with E-state index in [2.05, 4.69) is 27.9 Å². The molecule has 0 unspecified atom stereocenters. The fraction of sp³-hybridized carbons (Fsp3) is 0.333. The summed E-state index contributed by atoms with van der Waals surface area (Å²) in [4.78, 5) is 25.9. The smallest absolute Gasteiger partial charge is 0.348 e. The molecule has 0 atom stereocenters. The third-order valence-electron chi connectivity index (χ3n) is 3.91. The molecule has 0 saturated carbocycles. The fourth-order valence-corrected chi connectivity index (χ4v) is 4.21. The summed E-state index contributed by atoms with van der Waals surface area (Å²) in [5, 5.41) is 2.72. The number of esters is 1. The number of fused-ring (bicyclic) bond motifs is 1. The lowest BCUT2D eigenvalue weighted by Crippen LogP contribution is -2.20. The third-order valence-corrected chi connectivity index (χ3v) is 5.85. The highest BCUT2D eigenvalue weighted by Gasteiger charge is 2.18. The Morgan fingerprint density at radius 3 is 2.67 bits per heavy atom. The van der Waals surface area contributed by atoms with Gasteiger partial charge in [0, 0.05) is 14.1 Å². The first-order valence-electron chi connectivity index (χ1n) is 7.96. The van der Waals surface area contributed by atoms with Crippen LogP contribution in [0.4, 0.5) is 5.69 Å². The molecule has 0 aliphatic heterocycles. The number of hydrogen-bond acceptors (Lipinski definition) is 4. The van der Waals surface area contributed by atoms with Crippen molar-refractivity contribution >= 4 is 51.5 Å². The fourth-order valence-electron chi connectivity index (χ4n) is 2.70. The highest BCUT2D eigenvalue weighted by Crippen LogP contribution is 2.29. The van der Waals surface area contributed by atoms with Crippen LogP contribution >= 0.6 is 33.9 Å². The second-order valence-corrected chi connectivity index (χ2v) is 8.13. The molecule has 24 heavy (non-hydrogen) atoms. The maximum absolute atomic E-state index is 12.2. The molecular formula is C18H18INO3S. The zero-order chi connectivity index (χ0) is 16.9. The number of carbonyl (C=O) groups excluding carboxylic acids is 2. The number of thiophene rings is 1. The van der Waals surface area contributed by atoms with E-state index in [0.717, 1.165) is 16.4 Å². The van der Waals surface area contributed by atoms with E-state index in [4.69, 9.17) is 4.74 Å². The molecule has 1 aliphatic carbocycles. The zero-order valence-electron chi connectivity index (χ0n) is 13.1. The molecule has 0 spiro atoms. The van der Waals surface area contributed by atoms with E-state index >= 15 is 0 Å². The summed E-state index contributed by atoms with van der Waals surface area (Å²) in [7, 11) is 0. The van der Waals surface area contributed by atoms with Gasteiger partial charge in [-0.05, 0) is 84.2 Å². The Morgan fingerprint density at radius 2 is 1.88 bits per heavy atom. The molecule has 0 fully saturated rings. The van der Waals surface area contributed by atoms with Crippen molar-refractivity contribution in [1.29, 1.82) is 0 Å². The quantitative estimate of drug-likeness (QED) is 0.422. The number of benzene rings is 1. The Hall–Kier alpha value is -1.41. The van der Waals surface area contributed by atoms with E-state index in [1.165, 1.54) is 41.0 Å². The number of nitrogens with one attached hydrogen (secondary N) is 1. The van der Waals surface area contributed by atoms with Crippen molar-refractivity contribution in [2.45, 2.75) is 32.1 Å².